The topological polar surface area (TPSA) is 27.0 Å². The zero-order chi connectivity index (χ0) is 9.52. The Morgan fingerprint density at radius 3 is 2.69 bits per heavy atom. The van der Waals surface area contributed by atoms with E-state index in [4.69, 9.17) is 5.26 Å². The molecule has 0 aromatic rings. The number of likely N-dealkylation sites (tertiary alicyclic amines) is 1. The summed E-state index contributed by atoms with van der Waals surface area (Å²) in [5.74, 6) is 1.59. The molecule has 0 unspecified atom stereocenters. The smallest absolute Gasteiger partial charge is 0.0656 e. The summed E-state index contributed by atoms with van der Waals surface area (Å²) in [5, 5.41) is 8.72. The molecule has 1 heterocycles. The van der Waals surface area contributed by atoms with Crippen LogP contribution in [0.1, 0.15) is 19.3 Å². The highest BCUT2D eigenvalue weighted by molar-refractivity contribution is 7.98. The molecular formula is C10H18N2S. The van der Waals surface area contributed by atoms with E-state index in [2.05, 4.69) is 17.2 Å². The lowest BCUT2D eigenvalue weighted by molar-refractivity contribution is 0.206. The van der Waals surface area contributed by atoms with Gasteiger partial charge in [-0.05, 0) is 50.9 Å². The lowest BCUT2D eigenvalue weighted by Crippen LogP contribution is -2.34. The SMILES string of the molecule is CSCCCN1CCC(C#N)CC1. The summed E-state index contributed by atoms with van der Waals surface area (Å²) in [5.41, 5.74) is 0. The van der Waals surface area contributed by atoms with Gasteiger partial charge in [0.25, 0.3) is 0 Å². The lowest BCUT2D eigenvalue weighted by Gasteiger charge is -2.28. The highest BCUT2D eigenvalue weighted by atomic mass is 32.2. The summed E-state index contributed by atoms with van der Waals surface area (Å²) in [6.45, 7) is 3.48. The van der Waals surface area contributed by atoms with E-state index in [-0.39, 0.29) is 0 Å². The third-order valence-electron chi connectivity index (χ3n) is 2.59. The van der Waals surface area contributed by atoms with E-state index in [0.29, 0.717) is 5.92 Å². The summed E-state index contributed by atoms with van der Waals surface area (Å²) in [7, 11) is 0. The Morgan fingerprint density at radius 1 is 1.46 bits per heavy atom. The second kappa shape index (κ2) is 6.28. The van der Waals surface area contributed by atoms with Gasteiger partial charge in [0.15, 0.2) is 0 Å². The maximum atomic E-state index is 8.72. The number of rotatable bonds is 4. The molecule has 0 atom stereocenters. The summed E-state index contributed by atoms with van der Waals surface area (Å²) in [6.07, 6.45) is 5.60. The number of nitrogens with zero attached hydrogens (tertiary/aromatic N) is 2. The van der Waals surface area contributed by atoms with Crippen LogP contribution in [-0.4, -0.2) is 36.5 Å². The second-order valence-corrected chi connectivity index (χ2v) is 4.58. The Kier molecular flexibility index (Phi) is 5.26. The van der Waals surface area contributed by atoms with Crippen LogP contribution in [0.2, 0.25) is 0 Å². The molecule has 0 N–H and O–H groups in total. The maximum Gasteiger partial charge on any atom is 0.0656 e. The van der Waals surface area contributed by atoms with Crippen LogP contribution >= 0.6 is 11.8 Å². The van der Waals surface area contributed by atoms with Crippen molar-refractivity contribution in [1.29, 1.82) is 5.26 Å². The van der Waals surface area contributed by atoms with E-state index < -0.39 is 0 Å². The molecule has 0 aromatic heterocycles. The van der Waals surface area contributed by atoms with Crippen molar-refractivity contribution in [2.24, 2.45) is 5.92 Å². The molecule has 0 radical (unpaired) electrons. The Bertz CT molecular complexity index is 168. The lowest BCUT2D eigenvalue weighted by atomic mass is 9.99. The van der Waals surface area contributed by atoms with Gasteiger partial charge in [0.05, 0.1) is 6.07 Å². The number of nitriles is 1. The van der Waals surface area contributed by atoms with Crippen molar-refractivity contribution in [3.63, 3.8) is 0 Å². The Morgan fingerprint density at radius 2 is 2.15 bits per heavy atom. The molecule has 1 saturated heterocycles. The van der Waals surface area contributed by atoms with Crippen LogP contribution in [0.25, 0.3) is 0 Å². The van der Waals surface area contributed by atoms with E-state index in [0.717, 1.165) is 25.9 Å². The van der Waals surface area contributed by atoms with E-state index in [1.165, 1.54) is 18.7 Å². The highest BCUT2D eigenvalue weighted by Gasteiger charge is 2.17. The fourth-order valence-corrected chi connectivity index (χ4v) is 2.14. The van der Waals surface area contributed by atoms with Crippen molar-refractivity contribution >= 4 is 11.8 Å². The minimum atomic E-state index is 0.330. The molecule has 0 amide bonds. The van der Waals surface area contributed by atoms with Gasteiger partial charge in [-0.15, -0.1) is 0 Å². The van der Waals surface area contributed by atoms with Crippen molar-refractivity contribution in [2.75, 3.05) is 31.6 Å². The Balaban J connectivity index is 2.08. The molecule has 1 rings (SSSR count). The average molecular weight is 198 g/mol. The van der Waals surface area contributed by atoms with Crippen molar-refractivity contribution < 1.29 is 0 Å². The number of piperidine rings is 1. The van der Waals surface area contributed by atoms with Crippen LogP contribution in [0.3, 0.4) is 0 Å². The zero-order valence-electron chi connectivity index (χ0n) is 8.33. The molecule has 0 saturated carbocycles. The predicted octanol–water partition coefficient (Wildman–Crippen LogP) is 1.98. The zero-order valence-corrected chi connectivity index (χ0v) is 9.15. The van der Waals surface area contributed by atoms with Crippen molar-refractivity contribution in [3.05, 3.63) is 0 Å². The van der Waals surface area contributed by atoms with Crippen LogP contribution in [-0.2, 0) is 0 Å². The molecule has 13 heavy (non-hydrogen) atoms. The minimum absolute atomic E-state index is 0.330. The fraction of sp³-hybridized carbons (Fsp3) is 0.900. The molecule has 1 aliphatic heterocycles. The highest BCUT2D eigenvalue weighted by Crippen LogP contribution is 2.16. The van der Waals surface area contributed by atoms with E-state index in [1.54, 1.807) is 0 Å². The molecule has 74 valence electrons. The summed E-state index contributed by atoms with van der Waals surface area (Å²) in [6, 6.07) is 2.36. The first kappa shape index (κ1) is 10.9. The predicted molar refractivity (Wildman–Crippen MR) is 57.8 cm³/mol. The Hall–Kier alpha value is -0.200. The largest absolute Gasteiger partial charge is 0.303 e. The van der Waals surface area contributed by atoms with Gasteiger partial charge in [0, 0.05) is 5.92 Å². The number of hydrogen-bond acceptors (Lipinski definition) is 3. The van der Waals surface area contributed by atoms with E-state index >= 15 is 0 Å². The maximum absolute atomic E-state index is 8.72. The molecule has 3 heteroatoms. The quantitative estimate of drug-likeness (QED) is 0.646. The van der Waals surface area contributed by atoms with Gasteiger partial charge >= 0.3 is 0 Å². The minimum Gasteiger partial charge on any atom is -0.303 e. The van der Waals surface area contributed by atoms with Crippen LogP contribution in [0.4, 0.5) is 0 Å². The Labute approximate surface area is 85.3 Å². The molecular weight excluding hydrogens is 180 g/mol. The monoisotopic (exact) mass is 198 g/mol. The first-order valence-electron chi connectivity index (χ1n) is 4.97. The van der Waals surface area contributed by atoms with Crippen LogP contribution in [0.5, 0.6) is 0 Å². The molecule has 0 spiro atoms. The van der Waals surface area contributed by atoms with Crippen LogP contribution in [0.15, 0.2) is 0 Å². The van der Waals surface area contributed by atoms with Crippen molar-refractivity contribution in [2.45, 2.75) is 19.3 Å². The van der Waals surface area contributed by atoms with Crippen molar-refractivity contribution in [1.82, 2.24) is 4.90 Å². The molecule has 1 aliphatic rings. The van der Waals surface area contributed by atoms with Crippen LogP contribution < -0.4 is 0 Å². The standard InChI is InChI=1S/C10H18N2S/c1-13-8-2-5-12-6-3-10(9-11)4-7-12/h10H,2-8H2,1H3. The summed E-state index contributed by atoms with van der Waals surface area (Å²) in [4.78, 5) is 2.49. The van der Waals surface area contributed by atoms with Gasteiger partial charge < -0.3 is 4.90 Å². The van der Waals surface area contributed by atoms with Gasteiger partial charge in [0.2, 0.25) is 0 Å². The third-order valence-corrected chi connectivity index (χ3v) is 3.29. The van der Waals surface area contributed by atoms with Gasteiger partial charge in [-0.1, -0.05) is 0 Å². The van der Waals surface area contributed by atoms with Crippen LogP contribution in [0, 0.1) is 17.2 Å². The van der Waals surface area contributed by atoms with Gasteiger partial charge in [-0.3, -0.25) is 0 Å². The third kappa shape index (κ3) is 4.02. The van der Waals surface area contributed by atoms with Gasteiger partial charge in [0.1, 0.15) is 0 Å². The summed E-state index contributed by atoms with van der Waals surface area (Å²) >= 11 is 1.92. The first-order chi connectivity index (χ1) is 6.36. The summed E-state index contributed by atoms with van der Waals surface area (Å²) < 4.78 is 0. The fourth-order valence-electron chi connectivity index (χ4n) is 1.72. The molecule has 1 fully saturated rings. The van der Waals surface area contributed by atoms with Gasteiger partial charge in [-0.25, -0.2) is 0 Å². The first-order valence-corrected chi connectivity index (χ1v) is 6.37. The number of hydrogen-bond donors (Lipinski definition) is 0. The van der Waals surface area contributed by atoms with Crippen molar-refractivity contribution in [3.8, 4) is 6.07 Å². The molecule has 2 nitrogen and oxygen atoms in total. The van der Waals surface area contributed by atoms with E-state index in [9.17, 15) is 0 Å². The number of thioether (sulfide) groups is 1. The second-order valence-electron chi connectivity index (χ2n) is 3.59. The average Bonchev–Trinajstić information content (AvgIpc) is 2.19. The van der Waals surface area contributed by atoms with Gasteiger partial charge in [-0.2, -0.15) is 17.0 Å². The molecule has 0 aliphatic carbocycles. The molecule has 0 bridgehead atoms. The normalized spacial score (nSPS) is 20.0. The molecule has 0 aromatic carbocycles. The van der Waals surface area contributed by atoms with E-state index in [1.807, 2.05) is 11.8 Å².